The molecule has 0 saturated heterocycles. The van der Waals surface area contributed by atoms with E-state index >= 15 is 0 Å². The number of hydrogen-bond acceptors (Lipinski definition) is 4. The predicted molar refractivity (Wildman–Crippen MR) is 116 cm³/mol. The zero-order valence-electron chi connectivity index (χ0n) is 16.4. The molecule has 0 aliphatic carbocycles. The summed E-state index contributed by atoms with van der Waals surface area (Å²) < 4.78 is 13.0. The fourth-order valence-electron chi connectivity index (χ4n) is 3.57. The summed E-state index contributed by atoms with van der Waals surface area (Å²) in [6.07, 6.45) is 7.39. The standard InChI is InChI=1S/C23H20ClN3O3/c1-3-10-30-20-9-8-15(11-21(20)29-4-2)18-13-22(28)26-23-19(18)14-25-27(23)17-7-5-6-16(24)12-17/h1,5-9,11-12,14,18H,4,10,13H2,2H3,(H,26,28)/t18-/m0/s1. The van der Waals surface area contributed by atoms with Crippen LogP contribution in [0.25, 0.3) is 5.69 Å². The van der Waals surface area contributed by atoms with E-state index in [1.807, 2.05) is 37.3 Å². The Morgan fingerprint density at radius 3 is 2.90 bits per heavy atom. The summed E-state index contributed by atoms with van der Waals surface area (Å²) in [5.41, 5.74) is 2.64. The zero-order valence-corrected chi connectivity index (χ0v) is 17.1. The van der Waals surface area contributed by atoms with Crippen LogP contribution in [0.1, 0.15) is 30.4 Å². The Hall–Kier alpha value is -3.43. The molecule has 0 spiro atoms. The summed E-state index contributed by atoms with van der Waals surface area (Å²) in [7, 11) is 0. The fourth-order valence-corrected chi connectivity index (χ4v) is 3.75. The second-order valence-corrected chi connectivity index (χ2v) is 7.21. The molecule has 0 fully saturated rings. The number of aromatic nitrogens is 2. The number of hydrogen-bond donors (Lipinski definition) is 1. The maximum absolute atomic E-state index is 12.5. The lowest BCUT2D eigenvalue weighted by Crippen LogP contribution is -2.24. The highest BCUT2D eigenvalue weighted by molar-refractivity contribution is 6.30. The van der Waals surface area contributed by atoms with Crippen LogP contribution in [-0.2, 0) is 4.79 Å². The van der Waals surface area contributed by atoms with Gasteiger partial charge < -0.3 is 14.8 Å². The van der Waals surface area contributed by atoms with Crippen LogP contribution in [-0.4, -0.2) is 28.9 Å². The van der Waals surface area contributed by atoms with Crippen molar-refractivity contribution in [1.82, 2.24) is 9.78 Å². The van der Waals surface area contributed by atoms with Gasteiger partial charge in [0.25, 0.3) is 0 Å². The van der Waals surface area contributed by atoms with Crippen molar-refractivity contribution in [1.29, 1.82) is 0 Å². The van der Waals surface area contributed by atoms with Gasteiger partial charge in [-0.3, -0.25) is 4.79 Å². The van der Waals surface area contributed by atoms with Gasteiger partial charge in [-0.1, -0.05) is 29.7 Å². The van der Waals surface area contributed by atoms with Gasteiger partial charge in [-0.15, -0.1) is 6.42 Å². The van der Waals surface area contributed by atoms with Crippen LogP contribution in [0.4, 0.5) is 5.82 Å². The molecule has 3 aromatic rings. The molecule has 1 amide bonds. The summed E-state index contributed by atoms with van der Waals surface area (Å²) in [5, 5.41) is 8.04. The number of anilines is 1. The first kappa shape index (κ1) is 19.9. The molecule has 1 aromatic heterocycles. The highest BCUT2D eigenvalue weighted by Gasteiger charge is 2.31. The van der Waals surface area contributed by atoms with E-state index in [0.717, 1.165) is 16.8 Å². The minimum absolute atomic E-state index is 0.0816. The first-order valence-electron chi connectivity index (χ1n) is 9.57. The van der Waals surface area contributed by atoms with Gasteiger partial charge in [-0.05, 0) is 42.8 Å². The van der Waals surface area contributed by atoms with Crippen molar-refractivity contribution in [3.05, 3.63) is 64.8 Å². The van der Waals surface area contributed by atoms with Crippen molar-refractivity contribution in [2.45, 2.75) is 19.3 Å². The van der Waals surface area contributed by atoms with E-state index in [1.165, 1.54) is 0 Å². The van der Waals surface area contributed by atoms with Crippen LogP contribution in [0, 0.1) is 12.3 Å². The molecule has 2 aromatic carbocycles. The molecule has 30 heavy (non-hydrogen) atoms. The number of rotatable bonds is 6. The van der Waals surface area contributed by atoms with Gasteiger partial charge >= 0.3 is 0 Å². The quantitative estimate of drug-likeness (QED) is 0.599. The number of carbonyl (C=O) groups is 1. The van der Waals surface area contributed by atoms with Crippen LogP contribution in [0.5, 0.6) is 11.5 Å². The first-order chi connectivity index (χ1) is 14.6. The minimum Gasteiger partial charge on any atom is -0.490 e. The molecule has 0 bridgehead atoms. The second kappa shape index (κ2) is 8.52. The van der Waals surface area contributed by atoms with E-state index in [9.17, 15) is 4.79 Å². The Labute approximate surface area is 179 Å². The number of terminal acetylenes is 1. The normalized spacial score (nSPS) is 15.1. The fraction of sp³-hybridized carbons (Fsp3) is 0.217. The number of halogens is 1. The maximum Gasteiger partial charge on any atom is 0.226 e. The van der Waals surface area contributed by atoms with Gasteiger partial charge in [0.05, 0.1) is 18.5 Å². The number of benzene rings is 2. The third-order valence-corrected chi connectivity index (χ3v) is 5.09. The molecule has 6 nitrogen and oxygen atoms in total. The van der Waals surface area contributed by atoms with E-state index in [2.05, 4.69) is 16.3 Å². The SMILES string of the molecule is C#CCOc1ccc([C@@H]2CC(=O)Nc3c2cnn3-c2cccc(Cl)c2)cc1OCC. The van der Waals surface area contributed by atoms with Crippen LogP contribution < -0.4 is 14.8 Å². The monoisotopic (exact) mass is 421 g/mol. The predicted octanol–water partition coefficient (Wildman–Crippen LogP) is 4.41. The summed E-state index contributed by atoms with van der Waals surface area (Å²) in [5.74, 6) is 4.02. The molecule has 1 aliphatic heterocycles. The van der Waals surface area contributed by atoms with Gasteiger partial charge in [0, 0.05) is 22.9 Å². The number of fused-ring (bicyclic) bond motifs is 1. The Morgan fingerprint density at radius 1 is 1.27 bits per heavy atom. The van der Waals surface area contributed by atoms with E-state index in [4.69, 9.17) is 27.5 Å². The molecular formula is C23H20ClN3O3. The molecular weight excluding hydrogens is 402 g/mol. The topological polar surface area (TPSA) is 65.4 Å². The third-order valence-electron chi connectivity index (χ3n) is 4.85. The summed E-state index contributed by atoms with van der Waals surface area (Å²) in [4.78, 5) is 12.5. The molecule has 4 rings (SSSR count). The van der Waals surface area contributed by atoms with Crippen LogP contribution in [0.3, 0.4) is 0 Å². The van der Waals surface area contributed by atoms with Crippen LogP contribution in [0.15, 0.2) is 48.7 Å². The zero-order chi connectivity index (χ0) is 21.1. The average molecular weight is 422 g/mol. The van der Waals surface area contributed by atoms with E-state index in [-0.39, 0.29) is 18.4 Å². The number of ether oxygens (including phenoxy) is 2. The first-order valence-corrected chi connectivity index (χ1v) is 9.95. The molecule has 0 unspecified atom stereocenters. The third kappa shape index (κ3) is 3.85. The molecule has 2 heterocycles. The lowest BCUT2D eigenvalue weighted by atomic mass is 9.87. The van der Waals surface area contributed by atoms with Gasteiger partial charge in [0.2, 0.25) is 5.91 Å². The van der Waals surface area contributed by atoms with Crippen molar-refractivity contribution < 1.29 is 14.3 Å². The lowest BCUT2D eigenvalue weighted by molar-refractivity contribution is -0.116. The minimum atomic E-state index is -0.164. The smallest absolute Gasteiger partial charge is 0.226 e. The summed E-state index contributed by atoms with van der Waals surface area (Å²) in [6.45, 7) is 2.54. The molecule has 1 aliphatic rings. The van der Waals surface area contributed by atoms with Gasteiger partial charge in [0.15, 0.2) is 11.5 Å². The number of nitrogens with zero attached hydrogens (tertiary/aromatic N) is 2. The van der Waals surface area contributed by atoms with Gasteiger partial charge in [-0.2, -0.15) is 5.10 Å². The van der Waals surface area contributed by atoms with Crippen molar-refractivity contribution >= 4 is 23.3 Å². The largest absolute Gasteiger partial charge is 0.490 e. The number of nitrogens with one attached hydrogen (secondary N) is 1. The van der Waals surface area contributed by atoms with Crippen molar-refractivity contribution in [2.75, 3.05) is 18.5 Å². The molecule has 152 valence electrons. The highest BCUT2D eigenvalue weighted by atomic mass is 35.5. The van der Waals surface area contributed by atoms with Crippen molar-refractivity contribution in [3.8, 4) is 29.5 Å². The maximum atomic E-state index is 12.5. The Bertz CT molecular complexity index is 1130. The molecule has 0 saturated carbocycles. The summed E-state index contributed by atoms with van der Waals surface area (Å²) >= 11 is 6.13. The van der Waals surface area contributed by atoms with Crippen LogP contribution >= 0.6 is 11.6 Å². The number of amides is 1. The molecule has 0 radical (unpaired) electrons. The molecule has 1 atom stereocenters. The Balaban J connectivity index is 1.74. The second-order valence-electron chi connectivity index (χ2n) is 6.78. The van der Waals surface area contributed by atoms with Crippen LogP contribution in [0.2, 0.25) is 5.02 Å². The van der Waals surface area contributed by atoms with E-state index in [1.54, 1.807) is 23.0 Å². The lowest BCUT2D eigenvalue weighted by Gasteiger charge is -2.24. The van der Waals surface area contributed by atoms with Gasteiger partial charge in [-0.25, -0.2) is 4.68 Å². The number of carbonyl (C=O) groups excluding carboxylic acids is 1. The average Bonchev–Trinajstić information content (AvgIpc) is 3.16. The van der Waals surface area contributed by atoms with E-state index in [0.29, 0.717) is 35.4 Å². The Morgan fingerprint density at radius 2 is 2.13 bits per heavy atom. The van der Waals surface area contributed by atoms with Crippen molar-refractivity contribution in [2.24, 2.45) is 0 Å². The van der Waals surface area contributed by atoms with Gasteiger partial charge in [0.1, 0.15) is 12.4 Å². The molecule has 1 N–H and O–H groups in total. The highest BCUT2D eigenvalue weighted by Crippen LogP contribution is 2.41. The Kier molecular flexibility index (Phi) is 5.64. The van der Waals surface area contributed by atoms with Crippen molar-refractivity contribution in [3.63, 3.8) is 0 Å². The summed E-state index contributed by atoms with van der Waals surface area (Å²) in [6, 6.07) is 13.0. The molecule has 7 heteroatoms. The van der Waals surface area contributed by atoms with E-state index < -0.39 is 0 Å².